The molecule has 4 N–H and O–H groups in total. The van der Waals surface area contributed by atoms with E-state index in [-0.39, 0.29) is 28.9 Å². The fourth-order valence-electron chi connectivity index (χ4n) is 2.88. The maximum absolute atomic E-state index is 11.8. The topological polar surface area (TPSA) is 113 Å². The van der Waals surface area contributed by atoms with Gasteiger partial charge in [-0.15, -0.1) is 12.4 Å². The maximum atomic E-state index is 11.8. The van der Waals surface area contributed by atoms with Crippen molar-refractivity contribution in [3.05, 3.63) is 34.2 Å². The molecule has 1 aromatic carbocycles. The van der Waals surface area contributed by atoms with Gasteiger partial charge in [-0.2, -0.15) is 0 Å². The van der Waals surface area contributed by atoms with Crippen molar-refractivity contribution in [3.63, 3.8) is 0 Å². The van der Waals surface area contributed by atoms with E-state index in [0.29, 0.717) is 12.1 Å². The summed E-state index contributed by atoms with van der Waals surface area (Å²) in [5.41, 5.74) is 7.57. The number of nitrogens with one attached hydrogen (secondary N) is 1. The predicted molar refractivity (Wildman–Crippen MR) is 99.2 cm³/mol. The van der Waals surface area contributed by atoms with E-state index in [1.165, 1.54) is 12.1 Å². The number of hydrogen-bond donors (Lipinski definition) is 3. The first-order valence-electron chi connectivity index (χ1n) is 7.57. The van der Waals surface area contributed by atoms with Crippen LogP contribution in [0, 0.1) is 0 Å². The lowest BCUT2D eigenvalue weighted by molar-refractivity contribution is -0.115. The van der Waals surface area contributed by atoms with E-state index in [4.69, 9.17) is 5.73 Å². The summed E-state index contributed by atoms with van der Waals surface area (Å²) < 4.78 is 0. The molecule has 25 heavy (non-hydrogen) atoms. The van der Waals surface area contributed by atoms with E-state index >= 15 is 0 Å². The molecule has 2 aliphatic rings. The Morgan fingerprint density at radius 1 is 1.40 bits per heavy atom. The van der Waals surface area contributed by atoms with Gasteiger partial charge in [-0.1, -0.05) is 0 Å². The van der Waals surface area contributed by atoms with E-state index in [2.05, 4.69) is 10.2 Å². The number of carboxylic acids is 1. The molecular weight excluding hydrogens is 366 g/mol. The lowest BCUT2D eigenvalue weighted by Gasteiger charge is -2.33. The molecule has 2 saturated heterocycles. The third-order valence-electron chi connectivity index (χ3n) is 4.00. The van der Waals surface area contributed by atoms with Crippen molar-refractivity contribution in [1.82, 2.24) is 5.32 Å². The quantitative estimate of drug-likeness (QED) is 0.684. The number of anilines is 1. The van der Waals surface area contributed by atoms with Crippen molar-refractivity contribution in [2.45, 2.75) is 18.9 Å². The molecule has 0 spiro atoms. The molecule has 2 amide bonds. The molecule has 3 rings (SSSR count). The number of nitrogens with zero attached hydrogens (tertiary/aromatic N) is 1. The Morgan fingerprint density at radius 2 is 2.16 bits per heavy atom. The van der Waals surface area contributed by atoms with Gasteiger partial charge in [-0.3, -0.25) is 14.9 Å². The Kier molecular flexibility index (Phi) is 6.10. The summed E-state index contributed by atoms with van der Waals surface area (Å²) in [4.78, 5) is 36.7. The van der Waals surface area contributed by atoms with E-state index in [1.807, 2.05) is 0 Å². The number of carbonyl (C=O) groups is 3. The minimum Gasteiger partial charge on any atom is -0.478 e. The van der Waals surface area contributed by atoms with Gasteiger partial charge in [0.05, 0.1) is 10.5 Å². The fourth-order valence-corrected chi connectivity index (χ4v) is 3.56. The third kappa shape index (κ3) is 4.33. The summed E-state index contributed by atoms with van der Waals surface area (Å²) in [6.07, 6.45) is 3.46. The highest BCUT2D eigenvalue weighted by Crippen LogP contribution is 2.31. The number of benzene rings is 1. The molecule has 0 aromatic heterocycles. The van der Waals surface area contributed by atoms with Gasteiger partial charge in [0.15, 0.2) is 0 Å². The van der Waals surface area contributed by atoms with Crippen LogP contribution in [-0.4, -0.2) is 41.4 Å². The second-order valence-corrected chi connectivity index (χ2v) is 6.79. The maximum Gasteiger partial charge on any atom is 0.335 e. The Bertz CT molecular complexity index is 753. The molecule has 134 valence electrons. The zero-order chi connectivity index (χ0) is 17.3. The first kappa shape index (κ1) is 19.3. The molecule has 0 aliphatic carbocycles. The number of carbonyl (C=O) groups excluding carboxylic acids is 2. The van der Waals surface area contributed by atoms with Crippen LogP contribution in [0.2, 0.25) is 0 Å². The number of carboxylic acid groups (broad SMARTS) is 1. The molecule has 0 unspecified atom stereocenters. The van der Waals surface area contributed by atoms with Crippen molar-refractivity contribution in [2.75, 3.05) is 18.0 Å². The van der Waals surface area contributed by atoms with Crippen LogP contribution < -0.4 is 16.0 Å². The summed E-state index contributed by atoms with van der Waals surface area (Å²) >= 11 is 0.810. The highest BCUT2D eigenvalue weighted by molar-refractivity contribution is 8.18. The van der Waals surface area contributed by atoms with Gasteiger partial charge in [0.25, 0.3) is 11.1 Å². The van der Waals surface area contributed by atoms with Gasteiger partial charge in [0, 0.05) is 24.8 Å². The Balaban J connectivity index is 0.00000225. The van der Waals surface area contributed by atoms with Crippen LogP contribution in [0.25, 0.3) is 6.08 Å². The van der Waals surface area contributed by atoms with E-state index in [0.717, 1.165) is 36.8 Å². The first-order chi connectivity index (χ1) is 11.4. The number of hydrogen-bond acceptors (Lipinski definition) is 6. The van der Waals surface area contributed by atoms with Gasteiger partial charge >= 0.3 is 5.97 Å². The van der Waals surface area contributed by atoms with E-state index in [1.54, 1.807) is 12.1 Å². The number of piperidine rings is 1. The van der Waals surface area contributed by atoms with Crippen LogP contribution in [0.3, 0.4) is 0 Å². The zero-order valence-corrected chi connectivity index (χ0v) is 14.9. The number of aromatic carboxylic acids is 1. The molecule has 1 aromatic rings. The van der Waals surface area contributed by atoms with Crippen molar-refractivity contribution in [3.8, 4) is 0 Å². The van der Waals surface area contributed by atoms with Gasteiger partial charge < -0.3 is 15.7 Å². The lowest BCUT2D eigenvalue weighted by Crippen LogP contribution is -2.43. The number of nitrogens with two attached hydrogens (primary N) is 1. The Hall–Kier alpha value is -2.03. The number of rotatable bonds is 3. The predicted octanol–water partition coefficient (Wildman–Crippen LogP) is 2.06. The smallest absolute Gasteiger partial charge is 0.335 e. The van der Waals surface area contributed by atoms with Crippen LogP contribution in [0.15, 0.2) is 23.1 Å². The van der Waals surface area contributed by atoms with E-state index < -0.39 is 17.1 Å². The fraction of sp³-hybridized carbons (Fsp3) is 0.312. The SMILES string of the molecule is Cl.N[C@@H]1CCCN(c2ccc(C(=O)O)cc2/C=C2\SC(=O)NC2=O)C1. The molecule has 7 nitrogen and oxygen atoms in total. The normalized spacial score (nSPS) is 21.9. The average molecular weight is 384 g/mol. The standard InChI is InChI=1S/C16H17N3O4S.ClH/c17-11-2-1-5-19(8-11)12-4-3-9(15(21)22)6-10(12)7-13-14(20)18-16(23)24-13;/h3-4,6-7,11H,1-2,5,8,17H2,(H,21,22)(H,18,20,23);1H/b13-7-;/t11-;/m1./s1. The van der Waals surface area contributed by atoms with Crippen molar-refractivity contribution >= 4 is 53.0 Å². The molecule has 2 fully saturated rings. The second kappa shape index (κ2) is 7.90. The van der Waals surface area contributed by atoms with Crippen LogP contribution in [0.5, 0.6) is 0 Å². The molecule has 0 radical (unpaired) electrons. The summed E-state index contributed by atoms with van der Waals surface area (Å²) in [5.74, 6) is -1.51. The molecule has 1 atom stereocenters. The van der Waals surface area contributed by atoms with Crippen LogP contribution >= 0.6 is 24.2 Å². The molecule has 2 heterocycles. The van der Waals surface area contributed by atoms with Crippen LogP contribution in [0.1, 0.15) is 28.8 Å². The summed E-state index contributed by atoms with van der Waals surface area (Å²) in [6.45, 7) is 1.48. The Morgan fingerprint density at radius 3 is 2.76 bits per heavy atom. The van der Waals surface area contributed by atoms with Crippen LogP contribution in [-0.2, 0) is 4.79 Å². The zero-order valence-electron chi connectivity index (χ0n) is 13.2. The number of amides is 2. The third-order valence-corrected chi connectivity index (χ3v) is 4.81. The largest absolute Gasteiger partial charge is 0.478 e. The average Bonchev–Trinajstić information content (AvgIpc) is 2.84. The van der Waals surface area contributed by atoms with Gasteiger partial charge in [-0.25, -0.2) is 4.79 Å². The summed E-state index contributed by atoms with van der Waals surface area (Å²) in [7, 11) is 0. The van der Waals surface area contributed by atoms with E-state index in [9.17, 15) is 19.5 Å². The summed E-state index contributed by atoms with van der Waals surface area (Å²) in [6, 6.07) is 4.84. The monoisotopic (exact) mass is 383 g/mol. The minimum absolute atomic E-state index is 0. The highest BCUT2D eigenvalue weighted by Gasteiger charge is 2.26. The van der Waals surface area contributed by atoms with Gasteiger partial charge in [0.2, 0.25) is 0 Å². The molecule has 0 saturated carbocycles. The number of halogens is 1. The number of thioether (sulfide) groups is 1. The molecule has 9 heteroatoms. The molecule has 2 aliphatic heterocycles. The van der Waals surface area contributed by atoms with Crippen molar-refractivity contribution < 1.29 is 19.5 Å². The second-order valence-electron chi connectivity index (χ2n) is 5.78. The van der Waals surface area contributed by atoms with Crippen LogP contribution in [0.4, 0.5) is 10.5 Å². The number of imide groups is 1. The first-order valence-corrected chi connectivity index (χ1v) is 8.38. The molecule has 0 bridgehead atoms. The van der Waals surface area contributed by atoms with Crippen molar-refractivity contribution in [2.24, 2.45) is 5.73 Å². The van der Waals surface area contributed by atoms with Gasteiger partial charge in [0.1, 0.15) is 0 Å². The highest BCUT2D eigenvalue weighted by atomic mass is 35.5. The Labute approximate surface area is 155 Å². The van der Waals surface area contributed by atoms with Crippen molar-refractivity contribution in [1.29, 1.82) is 0 Å². The summed E-state index contributed by atoms with van der Waals surface area (Å²) in [5, 5.41) is 11.0. The lowest BCUT2D eigenvalue weighted by atomic mass is 10.0. The van der Waals surface area contributed by atoms with Gasteiger partial charge in [-0.05, 0) is 54.4 Å². The minimum atomic E-state index is -1.05. The molecular formula is C16H18ClN3O4S.